The number of amides is 3. The largest absolute Gasteiger partial charge is 0.405 e. The number of carbonyl (C=O) groups excluding carboxylic acids is 2. The number of benzene rings is 2. The van der Waals surface area contributed by atoms with E-state index < -0.39 is 37.0 Å². The predicted molar refractivity (Wildman–Crippen MR) is 104 cm³/mol. The van der Waals surface area contributed by atoms with Crippen LogP contribution in [0.15, 0.2) is 48.7 Å². The van der Waals surface area contributed by atoms with Crippen LogP contribution in [0.3, 0.4) is 0 Å². The maximum Gasteiger partial charge on any atom is 0.405 e. The van der Waals surface area contributed by atoms with Gasteiger partial charge in [0.1, 0.15) is 24.6 Å². The maximum absolute atomic E-state index is 14.2. The molecular weight excluding hydrogens is 418 g/mol. The molecule has 0 aliphatic carbocycles. The number of fused-ring (bicyclic) bond motifs is 1. The van der Waals surface area contributed by atoms with Gasteiger partial charge in [0, 0.05) is 18.5 Å². The van der Waals surface area contributed by atoms with Crippen molar-refractivity contribution >= 4 is 28.5 Å². The lowest BCUT2D eigenvalue weighted by Gasteiger charge is -2.19. The van der Waals surface area contributed by atoms with E-state index in [-0.39, 0.29) is 18.8 Å². The fourth-order valence-corrected chi connectivity index (χ4v) is 3.47. The molecule has 11 heteroatoms. The number of carbonyl (C=O) groups is 2. The molecule has 0 bridgehead atoms. The minimum Gasteiger partial charge on any atom is -0.345 e. The smallest absolute Gasteiger partial charge is 0.345 e. The number of hydrogen-bond acceptors (Lipinski definition) is 3. The normalized spacial score (nSPS) is 14.5. The van der Waals surface area contributed by atoms with Crippen molar-refractivity contribution in [1.82, 2.24) is 20.0 Å². The fraction of sp³-hybridized carbons (Fsp3) is 0.250. The Morgan fingerprint density at radius 3 is 2.55 bits per heavy atom. The van der Waals surface area contributed by atoms with Gasteiger partial charge in [-0.3, -0.25) is 9.69 Å². The molecule has 1 aliphatic heterocycles. The van der Waals surface area contributed by atoms with Crippen molar-refractivity contribution in [2.75, 3.05) is 31.1 Å². The second kappa shape index (κ2) is 7.89. The summed E-state index contributed by atoms with van der Waals surface area (Å²) in [6.45, 7) is -1.51. The topological polar surface area (TPSA) is 70.5 Å². The number of para-hydroxylation sites is 1. The summed E-state index contributed by atoms with van der Waals surface area (Å²) in [4.78, 5) is 27.1. The molecule has 0 unspecified atom stereocenters. The monoisotopic (exact) mass is 435 g/mol. The fourth-order valence-electron chi connectivity index (χ4n) is 3.47. The summed E-state index contributed by atoms with van der Waals surface area (Å²) in [5.41, 5.74) is 1.35. The van der Waals surface area contributed by atoms with Gasteiger partial charge in [-0.1, -0.05) is 18.2 Å². The van der Waals surface area contributed by atoms with E-state index in [0.29, 0.717) is 16.6 Å². The molecule has 3 aromatic rings. The summed E-state index contributed by atoms with van der Waals surface area (Å²) in [6.07, 6.45) is -3.01. The molecule has 1 saturated heterocycles. The number of nitrogens with one attached hydrogen (secondary N) is 1. The van der Waals surface area contributed by atoms with Gasteiger partial charge in [-0.2, -0.15) is 18.3 Å². The average molecular weight is 435 g/mol. The van der Waals surface area contributed by atoms with Crippen molar-refractivity contribution < 1.29 is 27.2 Å². The first kappa shape index (κ1) is 20.6. The van der Waals surface area contributed by atoms with Gasteiger partial charge >= 0.3 is 12.2 Å². The van der Waals surface area contributed by atoms with E-state index >= 15 is 0 Å². The van der Waals surface area contributed by atoms with Gasteiger partial charge in [0.05, 0.1) is 17.4 Å². The van der Waals surface area contributed by atoms with Crippen molar-refractivity contribution in [3.05, 3.63) is 54.5 Å². The van der Waals surface area contributed by atoms with E-state index in [9.17, 15) is 27.2 Å². The molecule has 0 saturated carbocycles. The Hall–Kier alpha value is -3.63. The lowest BCUT2D eigenvalue weighted by Crippen LogP contribution is -2.42. The molecule has 2 heterocycles. The number of hydrogen-bond donors (Lipinski definition) is 1. The molecule has 4 rings (SSSR count). The summed E-state index contributed by atoms with van der Waals surface area (Å²) >= 11 is 0. The van der Waals surface area contributed by atoms with Crippen LogP contribution >= 0.6 is 0 Å². The van der Waals surface area contributed by atoms with Gasteiger partial charge in [0.15, 0.2) is 0 Å². The van der Waals surface area contributed by atoms with Gasteiger partial charge in [0.2, 0.25) is 5.91 Å². The van der Waals surface area contributed by atoms with Crippen molar-refractivity contribution in [2.45, 2.75) is 6.18 Å². The van der Waals surface area contributed by atoms with Crippen LogP contribution in [0.2, 0.25) is 0 Å². The molecule has 7 nitrogen and oxygen atoms in total. The quantitative estimate of drug-likeness (QED) is 0.627. The highest BCUT2D eigenvalue weighted by molar-refractivity contribution is 6.04. The molecular formula is C20H17F4N5O2. The highest BCUT2D eigenvalue weighted by atomic mass is 19.4. The molecule has 1 fully saturated rings. The lowest BCUT2D eigenvalue weighted by molar-refractivity contribution is -0.138. The number of urea groups is 1. The number of anilines is 1. The summed E-state index contributed by atoms with van der Waals surface area (Å²) < 4.78 is 52.4. The zero-order valence-corrected chi connectivity index (χ0v) is 16.1. The van der Waals surface area contributed by atoms with Gasteiger partial charge in [-0.15, -0.1) is 0 Å². The first-order valence-corrected chi connectivity index (χ1v) is 9.36. The Labute approximate surface area is 173 Å². The third-order valence-corrected chi connectivity index (χ3v) is 4.88. The molecule has 0 spiro atoms. The Morgan fingerprint density at radius 2 is 1.81 bits per heavy atom. The van der Waals surface area contributed by atoms with Crippen LogP contribution in [0.25, 0.3) is 16.6 Å². The highest BCUT2D eigenvalue weighted by Gasteiger charge is 2.33. The van der Waals surface area contributed by atoms with Crippen LogP contribution in [0, 0.1) is 5.82 Å². The number of alkyl halides is 3. The average Bonchev–Trinajstić information content (AvgIpc) is 3.30. The highest BCUT2D eigenvalue weighted by Crippen LogP contribution is 2.31. The summed E-state index contributed by atoms with van der Waals surface area (Å²) in [7, 11) is 0. The lowest BCUT2D eigenvalue weighted by atomic mass is 10.2. The molecule has 1 aromatic heterocycles. The first-order valence-electron chi connectivity index (χ1n) is 9.36. The van der Waals surface area contributed by atoms with E-state index in [2.05, 4.69) is 5.10 Å². The first-order chi connectivity index (χ1) is 14.7. The second-order valence-electron chi connectivity index (χ2n) is 6.97. The minimum absolute atomic E-state index is 0.177. The number of halogens is 4. The molecule has 1 N–H and O–H groups in total. The van der Waals surface area contributed by atoms with Crippen LogP contribution in [0.4, 0.5) is 28.0 Å². The Morgan fingerprint density at radius 1 is 1.06 bits per heavy atom. The molecule has 1 aliphatic rings. The Kier molecular flexibility index (Phi) is 5.25. The van der Waals surface area contributed by atoms with Gasteiger partial charge in [0.25, 0.3) is 0 Å². The van der Waals surface area contributed by atoms with Gasteiger partial charge < -0.3 is 10.2 Å². The standard InChI is InChI=1S/C20H17F4N5O2/c21-14-4-1-2-5-17(14)29-16-7-3-6-15(13(16)10-26-29)28-9-8-27(19(28)31)11-18(30)25-12-20(22,23)24/h1-7,10H,8-9,11-12H2,(H,25,30). The summed E-state index contributed by atoms with van der Waals surface area (Å²) in [5.74, 6) is -1.34. The van der Waals surface area contributed by atoms with Crippen LogP contribution in [0.1, 0.15) is 0 Å². The molecule has 0 atom stereocenters. The predicted octanol–water partition coefficient (Wildman–Crippen LogP) is 3.09. The van der Waals surface area contributed by atoms with Crippen molar-refractivity contribution in [3.8, 4) is 5.69 Å². The van der Waals surface area contributed by atoms with Crippen LogP contribution in [0.5, 0.6) is 0 Å². The third kappa shape index (κ3) is 4.16. The van der Waals surface area contributed by atoms with Gasteiger partial charge in [-0.25, -0.2) is 13.9 Å². The SMILES string of the molecule is O=C(CN1CCN(c2cccc3c2cnn3-c2ccccc2F)C1=O)NCC(F)(F)F. The molecule has 0 radical (unpaired) electrons. The van der Waals surface area contributed by atoms with Crippen LogP contribution < -0.4 is 10.2 Å². The van der Waals surface area contributed by atoms with Crippen molar-refractivity contribution in [2.24, 2.45) is 0 Å². The van der Waals surface area contributed by atoms with Crippen molar-refractivity contribution in [1.29, 1.82) is 0 Å². The van der Waals surface area contributed by atoms with Gasteiger partial charge in [-0.05, 0) is 24.3 Å². The summed E-state index contributed by atoms with van der Waals surface area (Å²) in [6, 6.07) is 10.8. The summed E-state index contributed by atoms with van der Waals surface area (Å²) in [5, 5.41) is 6.61. The van der Waals surface area contributed by atoms with Crippen molar-refractivity contribution in [3.63, 3.8) is 0 Å². The molecule has 2 aromatic carbocycles. The van der Waals surface area contributed by atoms with E-state index in [1.807, 2.05) is 0 Å². The van der Waals surface area contributed by atoms with E-state index in [4.69, 9.17) is 0 Å². The maximum atomic E-state index is 14.2. The van der Waals surface area contributed by atoms with Crippen LogP contribution in [-0.4, -0.2) is 59.0 Å². The van der Waals surface area contributed by atoms with E-state index in [1.54, 1.807) is 41.7 Å². The van der Waals surface area contributed by atoms with Crippen LogP contribution in [-0.2, 0) is 4.79 Å². The minimum atomic E-state index is -4.52. The molecule has 162 valence electrons. The Bertz CT molecular complexity index is 1140. The van der Waals surface area contributed by atoms with E-state index in [0.717, 1.165) is 0 Å². The number of nitrogens with zero attached hydrogens (tertiary/aromatic N) is 4. The number of rotatable bonds is 5. The van der Waals surface area contributed by atoms with E-state index in [1.165, 1.54) is 26.7 Å². The third-order valence-electron chi connectivity index (χ3n) is 4.88. The zero-order chi connectivity index (χ0) is 22.2. The second-order valence-corrected chi connectivity index (χ2v) is 6.97. The zero-order valence-electron chi connectivity index (χ0n) is 16.1. The number of aromatic nitrogens is 2. The Balaban J connectivity index is 1.55. The molecule has 3 amide bonds. The molecule has 31 heavy (non-hydrogen) atoms.